The summed E-state index contributed by atoms with van der Waals surface area (Å²) >= 11 is 7.14. The molecule has 2 aromatic carbocycles. The maximum absolute atomic E-state index is 12.8. The fraction of sp³-hybridized carbons (Fsp3) is 0.182. The molecule has 0 atom stereocenters. The zero-order valence-electron chi connectivity index (χ0n) is 15.9. The van der Waals surface area contributed by atoms with Gasteiger partial charge in [-0.25, -0.2) is 4.99 Å². The lowest BCUT2D eigenvalue weighted by Crippen LogP contribution is -2.01. The van der Waals surface area contributed by atoms with Crippen LogP contribution in [0.25, 0.3) is 11.3 Å². The van der Waals surface area contributed by atoms with E-state index in [4.69, 9.17) is 0 Å². The van der Waals surface area contributed by atoms with Gasteiger partial charge in [0.1, 0.15) is 0 Å². The van der Waals surface area contributed by atoms with E-state index in [0.717, 1.165) is 42.3 Å². The van der Waals surface area contributed by atoms with Gasteiger partial charge in [-0.15, -0.1) is 0 Å². The van der Waals surface area contributed by atoms with Gasteiger partial charge in [-0.3, -0.25) is 4.79 Å². The number of fused-ring (bicyclic) bond motifs is 1. The molecule has 2 N–H and O–H groups in total. The minimum absolute atomic E-state index is 0.0361. The summed E-state index contributed by atoms with van der Waals surface area (Å²) in [6.07, 6.45) is 0. The molecule has 4 rings (SSSR count). The number of hydrogen-bond acceptors (Lipinski definition) is 2. The second kappa shape index (κ2) is 6.71. The molecule has 28 heavy (non-hydrogen) atoms. The van der Waals surface area contributed by atoms with Crippen LogP contribution < -0.4 is 0 Å². The second-order valence-corrected chi connectivity index (χ2v) is 8.80. The van der Waals surface area contributed by atoms with Crippen LogP contribution in [-0.2, 0) is 0 Å². The average molecular weight is 502 g/mol. The SMILES string of the molecule is Cc1cc(C2=NC(=O)c3c(-c4cc(C)c(Br)c(C)c4)[nH]c(O)c32)cc(C)c1Br. The summed E-state index contributed by atoms with van der Waals surface area (Å²) in [4.78, 5) is 20.1. The lowest BCUT2D eigenvalue weighted by atomic mass is 9.97. The minimum atomic E-state index is -0.340. The van der Waals surface area contributed by atoms with E-state index in [2.05, 4.69) is 41.8 Å². The third-order valence-corrected chi connectivity index (χ3v) is 7.58. The van der Waals surface area contributed by atoms with Crippen molar-refractivity contribution in [2.75, 3.05) is 0 Å². The molecule has 0 bridgehead atoms. The standard InChI is InChI=1S/C22H18Br2N2O2/c1-9-5-13(6-10(2)17(9)23)19-15-16(22(28)25-19)20(26-21(15)27)14-7-11(3)18(24)12(4)8-14/h5-8,25,28H,1-4H3. The fourth-order valence-corrected chi connectivity index (χ4v) is 4.20. The van der Waals surface area contributed by atoms with Gasteiger partial charge < -0.3 is 10.1 Å². The quantitative estimate of drug-likeness (QED) is 0.443. The third-order valence-electron chi connectivity index (χ3n) is 5.08. The first-order chi connectivity index (χ1) is 13.2. The Kier molecular flexibility index (Phi) is 4.59. The van der Waals surface area contributed by atoms with E-state index in [-0.39, 0.29) is 11.8 Å². The van der Waals surface area contributed by atoms with Crippen LogP contribution in [-0.4, -0.2) is 21.7 Å². The van der Waals surface area contributed by atoms with E-state index in [1.54, 1.807) is 0 Å². The van der Waals surface area contributed by atoms with Crippen LogP contribution in [0, 0.1) is 27.7 Å². The Morgan fingerprint density at radius 3 is 1.79 bits per heavy atom. The first-order valence-corrected chi connectivity index (χ1v) is 10.4. The van der Waals surface area contributed by atoms with Crippen molar-refractivity contribution in [3.05, 3.63) is 72.2 Å². The van der Waals surface area contributed by atoms with Crippen LogP contribution in [0.5, 0.6) is 5.88 Å². The maximum Gasteiger partial charge on any atom is 0.280 e. The van der Waals surface area contributed by atoms with Crippen molar-refractivity contribution in [2.45, 2.75) is 27.7 Å². The Balaban J connectivity index is 1.91. The van der Waals surface area contributed by atoms with E-state index >= 15 is 0 Å². The molecule has 1 amide bonds. The number of amides is 1. The molecule has 142 valence electrons. The first-order valence-electron chi connectivity index (χ1n) is 8.81. The number of carbonyl (C=O) groups is 1. The number of nitrogens with one attached hydrogen (secondary N) is 1. The van der Waals surface area contributed by atoms with Crippen molar-refractivity contribution in [1.29, 1.82) is 0 Å². The predicted molar refractivity (Wildman–Crippen MR) is 119 cm³/mol. The van der Waals surface area contributed by atoms with Gasteiger partial charge in [0.2, 0.25) is 0 Å². The molecule has 0 spiro atoms. The highest BCUT2D eigenvalue weighted by atomic mass is 79.9. The van der Waals surface area contributed by atoms with Gasteiger partial charge in [0.25, 0.3) is 5.91 Å². The molecular weight excluding hydrogens is 484 g/mol. The Bertz CT molecular complexity index is 1160. The molecule has 0 aliphatic carbocycles. The normalized spacial score (nSPS) is 13.1. The van der Waals surface area contributed by atoms with Gasteiger partial charge in [0.05, 0.1) is 22.5 Å². The summed E-state index contributed by atoms with van der Waals surface area (Å²) in [6.45, 7) is 7.99. The first kappa shape index (κ1) is 19.2. The molecule has 4 nitrogen and oxygen atoms in total. The monoisotopic (exact) mass is 500 g/mol. The van der Waals surface area contributed by atoms with Gasteiger partial charge >= 0.3 is 0 Å². The van der Waals surface area contributed by atoms with Gasteiger partial charge in [0.15, 0.2) is 5.88 Å². The molecule has 0 unspecified atom stereocenters. The van der Waals surface area contributed by atoms with E-state index in [9.17, 15) is 9.90 Å². The van der Waals surface area contributed by atoms with Crippen molar-refractivity contribution in [3.63, 3.8) is 0 Å². The number of aromatic amines is 1. The molecule has 1 aliphatic heterocycles. The molecular formula is C22H18Br2N2O2. The summed E-state index contributed by atoms with van der Waals surface area (Å²) in [7, 11) is 0. The van der Waals surface area contributed by atoms with Crippen molar-refractivity contribution >= 4 is 43.5 Å². The molecule has 1 aromatic heterocycles. The number of halogens is 2. The van der Waals surface area contributed by atoms with E-state index in [0.29, 0.717) is 22.5 Å². The van der Waals surface area contributed by atoms with Crippen LogP contribution in [0.2, 0.25) is 0 Å². The van der Waals surface area contributed by atoms with Gasteiger partial charge in [-0.2, -0.15) is 0 Å². The van der Waals surface area contributed by atoms with Crippen LogP contribution in [0.1, 0.15) is 43.7 Å². The third kappa shape index (κ3) is 2.86. The Hall–Kier alpha value is -2.18. The lowest BCUT2D eigenvalue weighted by molar-refractivity contribution is 0.101. The number of carbonyl (C=O) groups excluding carboxylic acids is 1. The van der Waals surface area contributed by atoms with E-state index in [1.165, 1.54) is 0 Å². The number of H-pyrrole nitrogens is 1. The number of nitrogens with zero attached hydrogens (tertiary/aromatic N) is 1. The Morgan fingerprint density at radius 2 is 1.29 bits per heavy atom. The molecule has 3 aromatic rings. The van der Waals surface area contributed by atoms with E-state index in [1.807, 2.05) is 52.0 Å². The topological polar surface area (TPSA) is 65.5 Å². The summed E-state index contributed by atoms with van der Waals surface area (Å²) in [5, 5.41) is 10.6. The summed E-state index contributed by atoms with van der Waals surface area (Å²) in [5.74, 6) is -0.376. The molecule has 0 radical (unpaired) electrons. The lowest BCUT2D eigenvalue weighted by Gasteiger charge is -2.08. The average Bonchev–Trinajstić information content (AvgIpc) is 3.15. The molecule has 0 saturated carbocycles. The van der Waals surface area contributed by atoms with Crippen molar-refractivity contribution in [2.24, 2.45) is 4.99 Å². The van der Waals surface area contributed by atoms with Crippen LogP contribution in [0.15, 0.2) is 38.2 Å². The van der Waals surface area contributed by atoms with Gasteiger partial charge in [-0.1, -0.05) is 31.9 Å². The van der Waals surface area contributed by atoms with Gasteiger partial charge in [0, 0.05) is 14.5 Å². The van der Waals surface area contributed by atoms with Crippen molar-refractivity contribution in [1.82, 2.24) is 4.98 Å². The van der Waals surface area contributed by atoms with Crippen molar-refractivity contribution < 1.29 is 9.90 Å². The van der Waals surface area contributed by atoms with E-state index < -0.39 is 0 Å². The molecule has 2 heterocycles. The Morgan fingerprint density at radius 1 is 0.821 bits per heavy atom. The second-order valence-electron chi connectivity index (χ2n) is 7.21. The van der Waals surface area contributed by atoms with Crippen LogP contribution >= 0.6 is 31.9 Å². The molecule has 6 heteroatoms. The zero-order valence-corrected chi connectivity index (χ0v) is 19.0. The van der Waals surface area contributed by atoms with Gasteiger partial charge in [-0.05, 0) is 79.8 Å². The van der Waals surface area contributed by atoms with Crippen LogP contribution in [0.3, 0.4) is 0 Å². The summed E-state index contributed by atoms with van der Waals surface area (Å²) in [6, 6.07) is 7.92. The highest BCUT2D eigenvalue weighted by molar-refractivity contribution is 9.10. The number of aromatic nitrogens is 1. The maximum atomic E-state index is 12.8. The molecule has 1 aliphatic rings. The Labute approximate surface area is 180 Å². The van der Waals surface area contributed by atoms with Crippen LogP contribution in [0.4, 0.5) is 0 Å². The summed E-state index contributed by atoms with van der Waals surface area (Å²) in [5.41, 5.74) is 7.88. The minimum Gasteiger partial charge on any atom is -0.494 e. The number of aliphatic imine (C=N–C) groups is 1. The number of hydrogen-bond donors (Lipinski definition) is 2. The number of benzene rings is 2. The highest BCUT2D eigenvalue weighted by Gasteiger charge is 2.33. The molecule has 0 saturated heterocycles. The predicted octanol–water partition coefficient (Wildman–Crippen LogP) is 6.14. The number of rotatable bonds is 2. The smallest absolute Gasteiger partial charge is 0.280 e. The number of aromatic hydroxyl groups is 1. The molecule has 0 fully saturated rings. The number of aryl methyl sites for hydroxylation is 4. The summed E-state index contributed by atoms with van der Waals surface area (Å²) < 4.78 is 2.06. The largest absolute Gasteiger partial charge is 0.494 e. The zero-order chi connectivity index (χ0) is 20.3. The fourth-order valence-electron chi connectivity index (χ4n) is 3.74. The van der Waals surface area contributed by atoms with Crippen molar-refractivity contribution in [3.8, 4) is 17.1 Å². The highest BCUT2D eigenvalue weighted by Crippen LogP contribution is 2.40.